The van der Waals surface area contributed by atoms with E-state index in [0.717, 1.165) is 30.6 Å². The van der Waals surface area contributed by atoms with Crippen molar-refractivity contribution in [2.24, 2.45) is 0 Å². The number of hydrogen-bond donors (Lipinski definition) is 0. The Hall–Kier alpha value is -0.770. The van der Waals surface area contributed by atoms with Crippen molar-refractivity contribution < 1.29 is 9.53 Å². The average molecular weight is 436 g/mol. The molecule has 3 aliphatic heterocycles. The largest absolute Gasteiger partial charge is 0.462 e. The summed E-state index contributed by atoms with van der Waals surface area (Å²) >= 11 is 5.86. The van der Waals surface area contributed by atoms with Crippen LogP contribution in [0.4, 0.5) is 0 Å². The standard InChI is InChI=1S/C22H29NO2S3/c1-4-5-12-25-22(24)15(13-23)17-7-9-19(27-17)21-11-10-20(28-21)18-8-6-16(26-18)14(2)3/h10-11,18-21H,4-9,12H2,1-3H3/b17-15-. The molecule has 2 saturated heterocycles. The summed E-state index contributed by atoms with van der Waals surface area (Å²) in [7, 11) is 0. The Balaban J connectivity index is 1.56. The van der Waals surface area contributed by atoms with E-state index in [1.807, 2.05) is 0 Å². The molecule has 3 nitrogen and oxygen atoms in total. The van der Waals surface area contributed by atoms with Crippen LogP contribution < -0.4 is 0 Å². The van der Waals surface area contributed by atoms with Crippen molar-refractivity contribution >= 4 is 41.3 Å². The van der Waals surface area contributed by atoms with Crippen molar-refractivity contribution in [3.05, 3.63) is 33.1 Å². The molecule has 152 valence electrons. The van der Waals surface area contributed by atoms with Gasteiger partial charge in [0.2, 0.25) is 0 Å². The minimum absolute atomic E-state index is 0.228. The van der Waals surface area contributed by atoms with Gasteiger partial charge in [-0.2, -0.15) is 5.26 Å². The quantitative estimate of drug-likeness (QED) is 0.162. The summed E-state index contributed by atoms with van der Waals surface area (Å²) in [6.45, 7) is 6.89. The third-order valence-electron chi connectivity index (χ3n) is 5.32. The lowest BCUT2D eigenvalue weighted by Gasteiger charge is -2.20. The van der Waals surface area contributed by atoms with Crippen LogP contribution in [-0.2, 0) is 9.53 Å². The maximum absolute atomic E-state index is 12.2. The van der Waals surface area contributed by atoms with E-state index in [1.54, 1.807) is 16.7 Å². The summed E-state index contributed by atoms with van der Waals surface area (Å²) in [5.41, 5.74) is 1.69. The van der Waals surface area contributed by atoms with E-state index in [9.17, 15) is 10.1 Å². The van der Waals surface area contributed by atoms with E-state index in [4.69, 9.17) is 4.74 Å². The Labute approximate surface area is 181 Å². The van der Waals surface area contributed by atoms with Crippen molar-refractivity contribution in [3.8, 4) is 6.07 Å². The van der Waals surface area contributed by atoms with Gasteiger partial charge in [0.15, 0.2) is 0 Å². The topological polar surface area (TPSA) is 50.1 Å². The summed E-state index contributed by atoms with van der Waals surface area (Å²) in [4.78, 5) is 14.7. The minimum Gasteiger partial charge on any atom is -0.462 e. The molecule has 0 aliphatic carbocycles. The summed E-state index contributed by atoms with van der Waals surface area (Å²) in [6.07, 6.45) is 10.9. The fraction of sp³-hybridized carbons (Fsp3) is 0.636. The lowest BCUT2D eigenvalue weighted by atomic mass is 10.1. The molecule has 0 saturated carbocycles. The molecule has 4 unspecified atom stereocenters. The van der Waals surface area contributed by atoms with E-state index in [0.29, 0.717) is 27.6 Å². The monoisotopic (exact) mass is 435 g/mol. The molecule has 3 heterocycles. The van der Waals surface area contributed by atoms with Crippen LogP contribution in [0.1, 0.15) is 59.3 Å². The number of hydrogen-bond acceptors (Lipinski definition) is 6. The van der Waals surface area contributed by atoms with Gasteiger partial charge in [-0.15, -0.1) is 35.3 Å². The van der Waals surface area contributed by atoms with Gasteiger partial charge in [0.05, 0.1) is 6.61 Å². The molecule has 0 amide bonds. The first-order valence-corrected chi connectivity index (χ1v) is 12.9. The maximum atomic E-state index is 12.2. The number of rotatable bonds is 6. The van der Waals surface area contributed by atoms with Crippen molar-refractivity contribution in [1.82, 2.24) is 0 Å². The molecule has 0 aromatic rings. The third kappa shape index (κ3) is 5.23. The van der Waals surface area contributed by atoms with E-state index < -0.39 is 5.97 Å². The van der Waals surface area contributed by atoms with Crippen LogP contribution in [0.5, 0.6) is 0 Å². The summed E-state index contributed by atoms with van der Waals surface area (Å²) in [5, 5.41) is 11.7. The zero-order valence-corrected chi connectivity index (χ0v) is 19.4. The molecular weight excluding hydrogens is 406 g/mol. The number of carbonyl (C=O) groups is 1. The molecule has 0 bridgehead atoms. The molecule has 3 rings (SSSR count). The van der Waals surface area contributed by atoms with E-state index in [2.05, 4.69) is 62.5 Å². The van der Waals surface area contributed by atoms with Crippen LogP contribution in [0, 0.1) is 11.3 Å². The van der Waals surface area contributed by atoms with Crippen molar-refractivity contribution in [2.45, 2.75) is 80.3 Å². The second-order valence-electron chi connectivity index (χ2n) is 7.66. The van der Waals surface area contributed by atoms with Gasteiger partial charge in [-0.1, -0.05) is 31.1 Å². The molecule has 0 radical (unpaired) electrons. The number of allylic oxidation sites excluding steroid dienone is 3. The lowest BCUT2D eigenvalue weighted by molar-refractivity contribution is -0.138. The highest BCUT2D eigenvalue weighted by Crippen LogP contribution is 2.51. The van der Waals surface area contributed by atoms with Crippen LogP contribution in [0.3, 0.4) is 0 Å². The normalized spacial score (nSPS) is 31.1. The summed E-state index contributed by atoms with van der Waals surface area (Å²) < 4.78 is 5.26. The number of nitriles is 1. The fourth-order valence-electron chi connectivity index (χ4n) is 3.68. The Morgan fingerprint density at radius 3 is 2.29 bits per heavy atom. The molecule has 0 aromatic carbocycles. The summed E-state index contributed by atoms with van der Waals surface area (Å²) in [6, 6.07) is 2.10. The molecule has 0 aromatic heterocycles. The van der Waals surface area contributed by atoms with Gasteiger partial charge in [0, 0.05) is 25.9 Å². The average Bonchev–Trinajstić information content (AvgIpc) is 3.41. The van der Waals surface area contributed by atoms with E-state index in [1.165, 1.54) is 18.4 Å². The van der Waals surface area contributed by atoms with E-state index in [-0.39, 0.29) is 5.57 Å². The maximum Gasteiger partial charge on any atom is 0.349 e. The van der Waals surface area contributed by atoms with Gasteiger partial charge in [-0.3, -0.25) is 0 Å². The first-order valence-electron chi connectivity index (χ1n) is 10.2. The van der Waals surface area contributed by atoms with Crippen LogP contribution >= 0.6 is 35.3 Å². The van der Waals surface area contributed by atoms with Crippen LogP contribution in [0.15, 0.2) is 33.1 Å². The molecule has 6 heteroatoms. The molecule has 28 heavy (non-hydrogen) atoms. The number of nitrogens with zero attached hydrogens (tertiary/aromatic N) is 1. The van der Waals surface area contributed by atoms with Gasteiger partial charge < -0.3 is 4.74 Å². The highest BCUT2D eigenvalue weighted by molar-refractivity contribution is 8.08. The molecular formula is C22H29NO2S3. The van der Waals surface area contributed by atoms with Gasteiger partial charge in [-0.25, -0.2) is 4.79 Å². The Bertz CT molecular complexity index is 731. The molecule has 2 fully saturated rings. The zero-order valence-electron chi connectivity index (χ0n) is 16.9. The first kappa shape index (κ1) is 21.9. The highest BCUT2D eigenvalue weighted by Gasteiger charge is 2.37. The number of unbranched alkanes of at least 4 members (excludes halogenated alkanes) is 1. The molecule has 0 spiro atoms. The van der Waals surface area contributed by atoms with Gasteiger partial charge in [0.1, 0.15) is 11.6 Å². The van der Waals surface area contributed by atoms with Gasteiger partial charge >= 0.3 is 5.97 Å². The van der Waals surface area contributed by atoms with Crippen LogP contribution in [0.2, 0.25) is 0 Å². The predicted molar refractivity (Wildman–Crippen MR) is 122 cm³/mol. The van der Waals surface area contributed by atoms with Crippen molar-refractivity contribution in [1.29, 1.82) is 5.26 Å². The lowest BCUT2D eigenvalue weighted by Crippen LogP contribution is -2.18. The van der Waals surface area contributed by atoms with Crippen molar-refractivity contribution in [2.75, 3.05) is 6.61 Å². The van der Waals surface area contributed by atoms with Gasteiger partial charge in [-0.05, 0) is 50.9 Å². The number of thioether (sulfide) groups is 3. The molecule has 0 N–H and O–H groups in total. The SMILES string of the molecule is CCCCOC(=O)/C(C#N)=C1/CCC(C2C=CC(C3CCC(=C(C)C)S3)S2)S1. The minimum atomic E-state index is -0.441. The highest BCUT2D eigenvalue weighted by atomic mass is 32.2. The number of carbonyl (C=O) groups excluding carboxylic acids is 1. The number of ether oxygens (including phenoxy) is 1. The van der Waals surface area contributed by atoms with Crippen LogP contribution in [-0.4, -0.2) is 33.6 Å². The van der Waals surface area contributed by atoms with Gasteiger partial charge in [0.25, 0.3) is 0 Å². The summed E-state index contributed by atoms with van der Waals surface area (Å²) in [5.74, 6) is -0.441. The Morgan fingerprint density at radius 2 is 1.75 bits per heavy atom. The second-order valence-corrected chi connectivity index (χ2v) is 11.7. The smallest absolute Gasteiger partial charge is 0.349 e. The predicted octanol–water partition coefficient (Wildman–Crippen LogP) is 6.23. The van der Waals surface area contributed by atoms with E-state index >= 15 is 0 Å². The van der Waals surface area contributed by atoms with Crippen molar-refractivity contribution in [3.63, 3.8) is 0 Å². The number of esters is 1. The molecule has 3 aliphatic rings. The fourth-order valence-corrected chi connectivity index (χ4v) is 8.35. The second kappa shape index (κ2) is 10.3. The zero-order chi connectivity index (χ0) is 20.1. The first-order chi connectivity index (χ1) is 13.5. The Morgan fingerprint density at radius 1 is 1.14 bits per heavy atom. The van der Waals surface area contributed by atoms with Crippen LogP contribution in [0.25, 0.3) is 0 Å². The molecule has 4 atom stereocenters. The third-order valence-corrected chi connectivity index (χ3v) is 10.5. The Kier molecular flexibility index (Phi) is 8.08.